The van der Waals surface area contributed by atoms with Gasteiger partial charge in [0, 0.05) is 34.0 Å². The number of amides is 2. The van der Waals surface area contributed by atoms with Crippen LogP contribution in [0.5, 0.6) is 0 Å². The van der Waals surface area contributed by atoms with Gasteiger partial charge in [-0.2, -0.15) is 0 Å². The van der Waals surface area contributed by atoms with Crippen LogP contribution in [0.3, 0.4) is 0 Å². The van der Waals surface area contributed by atoms with E-state index < -0.39 is 22.0 Å². The highest BCUT2D eigenvalue weighted by Crippen LogP contribution is 2.36. The van der Waals surface area contributed by atoms with Gasteiger partial charge in [0.1, 0.15) is 5.25 Å². The number of hydrogen-bond acceptors (Lipinski definition) is 7. The molecule has 4 aromatic carbocycles. The van der Waals surface area contributed by atoms with Gasteiger partial charge < -0.3 is 15.4 Å². The van der Waals surface area contributed by atoms with Crippen LogP contribution in [-0.2, 0) is 9.53 Å². The standard InChI is InChI=1S/C32H29N3O6S/c1-2-3-21-41-32(38)24-9-13-25(14-10-24)34-31(37)29(22-7-5-4-6-8-22)42-28-19-15-26(16-20-28)33-30(36)23-11-17-27(18-12-23)35(39)40/h4-20,29H,2-3,21H2,1H3,(H,33,36)(H,34,37). The second-order valence-corrected chi connectivity index (χ2v) is 10.4. The van der Waals surface area contributed by atoms with Gasteiger partial charge in [0.2, 0.25) is 5.91 Å². The Bertz CT molecular complexity index is 1530. The molecule has 4 rings (SSSR count). The number of benzene rings is 4. The molecular formula is C32H29N3O6S. The maximum atomic E-state index is 13.4. The number of nitro benzene ring substituents is 1. The van der Waals surface area contributed by atoms with Crippen LogP contribution in [0.4, 0.5) is 17.1 Å². The fourth-order valence-electron chi connectivity index (χ4n) is 3.88. The Hall–Kier alpha value is -4.96. The Labute approximate surface area is 247 Å². The summed E-state index contributed by atoms with van der Waals surface area (Å²) in [4.78, 5) is 49.3. The molecule has 0 heterocycles. The van der Waals surface area contributed by atoms with E-state index in [1.807, 2.05) is 37.3 Å². The van der Waals surface area contributed by atoms with Crippen LogP contribution in [0, 0.1) is 10.1 Å². The maximum absolute atomic E-state index is 13.4. The number of nitrogens with zero attached hydrogens (tertiary/aromatic N) is 1. The molecule has 1 atom stereocenters. The number of carbonyl (C=O) groups is 3. The van der Waals surface area contributed by atoms with Gasteiger partial charge in [0.25, 0.3) is 11.6 Å². The zero-order chi connectivity index (χ0) is 29.9. The Morgan fingerprint density at radius 3 is 2.02 bits per heavy atom. The van der Waals surface area contributed by atoms with E-state index in [4.69, 9.17) is 4.74 Å². The molecule has 0 aliphatic rings. The predicted molar refractivity (Wildman–Crippen MR) is 163 cm³/mol. The molecule has 0 spiro atoms. The number of thioether (sulfide) groups is 1. The Balaban J connectivity index is 1.42. The summed E-state index contributed by atoms with van der Waals surface area (Å²) in [6.07, 6.45) is 1.74. The lowest BCUT2D eigenvalue weighted by atomic mass is 10.1. The molecule has 1 unspecified atom stereocenters. The largest absolute Gasteiger partial charge is 0.462 e. The Kier molecular flexibility index (Phi) is 10.4. The highest BCUT2D eigenvalue weighted by atomic mass is 32.2. The topological polar surface area (TPSA) is 128 Å². The zero-order valence-electron chi connectivity index (χ0n) is 22.8. The molecule has 0 aliphatic heterocycles. The number of anilines is 2. The SMILES string of the molecule is CCCCOC(=O)c1ccc(NC(=O)C(Sc2ccc(NC(=O)c3ccc([N+](=O)[O-])cc3)cc2)c2ccccc2)cc1. The number of nitro groups is 1. The summed E-state index contributed by atoms with van der Waals surface area (Å²) < 4.78 is 5.24. The van der Waals surface area contributed by atoms with Gasteiger partial charge in [0.05, 0.1) is 17.1 Å². The minimum atomic E-state index is -0.578. The summed E-state index contributed by atoms with van der Waals surface area (Å²) >= 11 is 1.35. The highest BCUT2D eigenvalue weighted by molar-refractivity contribution is 8.00. The summed E-state index contributed by atoms with van der Waals surface area (Å²) in [5.41, 5.74) is 2.52. The third kappa shape index (κ3) is 8.28. The number of unbranched alkanes of at least 4 members (excludes halogenated alkanes) is 1. The van der Waals surface area contributed by atoms with Crippen molar-refractivity contribution in [3.8, 4) is 0 Å². The van der Waals surface area contributed by atoms with Gasteiger partial charge >= 0.3 is 5.97 Å². The number of non-ortho nitro benzene ring substituents is 1. The summed E-state index contributed by atoms with van der Waals surface area (Å²) in [6, 6.07) is 28.4. The molecule has 0 bridgehead atoms. The molecule has 10 heteroatoms. The van der Waals surface area contributed by atoms with E-state index >= 15 is 0 Å². The van der Waals surface area contributed by atoms with E-state index in [2.05, 4.69) is 10.6 Å². The van der Waals surface area contributed by atoms with E-state index in [9.17, 15) is 24.5 Å². The van der Waals surface area contributed by atoms with Gasteiger partial charge in [0.15, 0.2) is 0 Å². The van der Waals surface area contributed by atoms with Crippen molar-refractivity contribution in [2.75, 3.05) is 17.2 Å². The molecule has 0 radical (unpaired) electrons. The fourth-order valence-corrected chi connectivity index (χ4v) is 4.91. The summed E-state index contributed by atoms with van der Waals surface area (Å²) in [5.74, 6) is -1.03. The van der Waals surface area contributed by atoms with Gasteiger partial charge in [-0.25, -0.2) is 4.79 Å². The smallest absolute Gasteiger partial charge is 0.338 e. The van der Waals surface area contributed by atoms with Crippen LogP contribution in [0.25, 0.3) is 0 Å². The first-order chi connectivity index (χ1) is 20.3. The predicted octanol–water partition coefficient (Wildman–Crippen LogP) is 7.28. The first-order valence-corrected chi connectivity index (χ1v) is 14.2. The van der Waals surface area contributed by atoms with Crippen molar-refractivity contribution in [3.05, 3.63) is 130 Å². The summed E-state index contributed by atoms with van der Waals surface area (Å²) in [7, 11) is 0. The summed E-state index contributed by atoms with van der Waals surface area (Å²) in [5, 5.41) is 16.0. The molecule has 9 nitrogen and oxygen atoms in total. The quantitative estimate of drug-likeness (QED) is 0.0590. The minimum Gasteiger partial charge on any atom is -0.462 e. The number of rotatable bonds is 12. The van der Waals surface area contributed by atoms with Crippen molar-refractivity contribution in [1.29, 1.82) is 0 Å². The Morgan fingerprint density at radius 1 is 0.810 bits per heavy atom. The van der Waals surface area contributed by atoms with E-state index in [-0.39, 0.29) is 11.6 Å². The van der Waals surface area contributed by atoms with Crippen LogP contribution < -0.4 is 10.6 Å². The van der Waals surface area contributed by atoms with Crippen molar-refractivity contribution >= 4 is 46.6 Å². The molecular weight excluding hydrogens is 554 g/mol. The second kappa shape index (κ2) is 14.6. The second-order valence-electron chi connectivity index (χ2n) is 9.25. The normalized spacial score (nSPS) is 11.3. The molecule has 214 valence electrons. The number of ether oxygens (including phenoxy) is 1. The van der Waals surface area contributed by atoms with E-state index in [1.54, 1.807) is 48.5 Å². The molecule has 0 fully saturated rings. The molecule has 0 saturated carbocycles. The number of hydrogen-bond donors (Lipinski definition) is 2. The maximum Gasteiger partial charge on any atom is 0.338 e. The third-order valence-corrected chi connectivity index (χ3v) is 7.43. The monoisotopic (exact) mass is 583 g/mol. The molecule has 0 saturated heterocycles. The van der Waals surface area contributed by atoms with Crippen LogP contribution >= 0.6 is 11.8 Å². The van der Waals surface area contributed by atoms with Crippen LogP contribution in [0.2, 0.25) is 0 Å². The van der Waals surface area contributed by atoms with Crippen molar-refractivity contribution in [2.24, 2.45) is 0 Å². The molecule has 0 aliphatic carbocycles. The zero-order valence-corrected chi connectivity index (χ0v) is 23.6. The van der Waals surface area contributed by atoms with Crippen molar-refractivity contribution in [1.82, 2.24) is 0 Å². The van der Waals surface area contributed by atoms with Gasteiger partial charge in [-0.15, -0.1) is 11.8 Å². The lowest BCUT2D eigenvalue weighted by Gasteiger charge is -2.17. The van der Waals surface area contributed by atoms with Crippen LogP contribution in [-0.4, -0.2) is 29.3 Å². The van der Waals surface area contributed by atoms with E-state index in [0.717, 1.165) is 23.3 Å². The van der Waals surface area contributed by atoms with Crippen molar-refractivity contribution in [2.45, 2.75) is 29.9 Å². The van der Waals surface area contributed by atoms with Gasteiger partial charge in [-0.05, 0) is 72.6 Å². The lowest BCUT2D eigenvalue weighted by Crippen LogP contribution is -2.19. The first kappa shape index (κ1) is 30.0. The molecule has 4 aromatic rings. The third-order valence-electron chi connectivity index (χ3n) is 6.17. The van der Waals surface area contributed by atoms with Gasteiger partial charge in [-0.1, -0.05) is 43.7 Å². The average Bonchev–Trinajstić information content (AvgIpc) is 3.01. The lowest BCUT2D eigenvalue weighted by molar-refractivity contribution is -0.384. The highest BCUT2D eigenvalue weighted by Gasteiger charge is 2.22. The van der Waals surface area contributed by atoms with Crippen LogP contribution in [0.1, 0.15) is 51.3 Å². The van der Waals surface area contributed by atoms with Crippen molar-refractivity contribution < 1.29 is 24.0 Å². The first-order valence-electron chi connectivity index (χ1n) is 13.3. The fraction of sp³-hybridized carbons (Fsp3) is 0.156. The van der Waals surface area contributed by atoms with Crippen molar-refractivity contribution in [3.63, 3.8) is 0 Å². The van der Waals surface area contributed by atoms with Crippen LogP contribution in [0.15, 0.2) is 108 Å². The molecule has 2 N–H and O–H groups in total. The number of nitrogens with one attached hydrogen (secondary N) is 2. The molecule has 2 amide bonds. The van der Waals surface area contributed by atoms with E-state index in [1.165, 1.54) is 36.0 Å². The number of esters is 1. The minimum absolute atomic E-state index is 0.0931. The average molecular weight is 584 g/mol. The van der Waals surface area contributed by atoms with E-state index in [0.29, 0.717) is 29.1 Å². The number of carbonyl (C=O) groups excluding carboxylic acids is 3. The molecule has 42 heavy (non-hydrogen) atoms. The summed E-state index contributed by atoms with van der Waals surface area (Å²) in [6.45, 7) is 2.39. The van der Waals surface area contributed by atoms with Gasteiger partial charge in [-0.3, -0.25) is 19.7 Å². The Morgan fingerprint density at radius 2 is 1.40 bits per heavy atom. The molecule has 0 aromatic heterocycles.